The van der Waals surface area contributed by atoms with E-state index >= 15 is 0 Å². The van der Waals surface area contributed by atoms with E-state index in [1.807, 2.05) is 7.05 Å². The summed E-state index contributed by atoms with van der Waals surface area (Å²) in [5.74, 6) is 0. The highest BCUT2D eigenvalue weighted by atomic mass is 79.9. The van der Waals surface area contributed by atoms with Crippen molar-refractivity contribution in [3.8, 4) is 0 Å². The first-order valence-corrected chi connectivity index (χ1v) is 8.13. The Balaban J connectivity index is 1.99. The minimum absolute atomic E-state index is 0.755. The highest BCUT2D eigenvalue weighted by molar-refractivity contribution is 9.10. The third-order valence-electron chi connectivity index (χ3n) is 4.08. The molecule has 0 radical (unpaired) electrons. The molecule has 1 aliphatic rings. The molecule has 1 unspecified atom stereocenters. The summed E-state index contributed by atoms with van der Waals surface area (Å²) in [6.45, 7) is 5.65. The molecule has 0 spiro atoms. The second kappa shape index (κ2) is 7.41. The molecule has 1 heterocycles. The topological polar surface area (TPSA) is 15.3 Å². The molecule has 1 atom stereocenters. The first kappa shape index (κ1) is 15.0. The van der Waals surface area contributed by atoms with E-state index in [1.165, 1.54) is 47.8 Å². The molecule has 0 aromatic heterocycles. The van der Waals surface area contributed by atoms with Gasteiger partial charge in [0.15, 0.2) is 0 Å². The number of nitrogens with zero attached hydrogens (tertiary/aromatic N) is 1. The van der Waals surface area contributed by atoms with Crippen molar-refractivity contribution in [3.63, 3.8) is 0 Å². The Labute approximate surface area is 125 Å². The lowest BCUT2D eigenvalue weighted by molar-refractivity contribution is 0.132. The van der Waals surface area contributed by atoms with Crippen molar-refractivity contribution < 1.29 is 0 Å². The zero-order valence-corrected chi connectivity index (χ0v) is 13.7. The van der Waals surface area contributed by atoms with Crippen LogP contribution >= 0.6 is 15.9 Å². The first-order chi connectivity index (χ1) is 9.20. The number of benzene rings is 1. The SMILES string of the molecule is CNCCC1CCCCN1Cc1ccc(Br)c(C)c1. The number of hydrogen-bond donors (Lipinski definition) is 1. The van der Waals surface area contributed by atoms with Gasteiger partial charge in [0.2, 0.25) is 0 Å². The second-order valence-electron chi connectivity index (χ2n) is 5.60. The second-order valence-corrected chi connectivity index (χ2v) is 6.45. The van der Waals surface area contributed by atoms with Crippen LogP contribution in [0.25, 0.3) is 0 Å². The Morgan fingerprint density at radius 3 is 2.95 bits per heavy atom. The van der Waals surface area contributed by atoms with Crippen molar-refractivity contribution in [1.82, 2.24) is 10.2 Å². The highest BCUT2D eigenvalue weighted by Crippen LogP contribution is 2.23. The van der Waals surface area contributed by atoms with Gasteiger partial charge in [0, 0.05) is 17.1 Å². The average Bonchev–Trinajstić information content (AvgIpc) is 2.42. The van der Waals surface area contributed by atoms with Crippen molar-refractivity contribution in [2.24, 2.45) is 0 Å². The minimum Gasteiger partial charge on any atom is -0.320 e. The van der Waals surface area contributed by atoms with Crippen LogP contribution in [0, 0.1) is 6.92 Å². The number of aryl methyl sites for hydroxylation is 1. The normalized spacial score (nSPS) is 20.7. The molecule has 1 saturated heterocycles. The zero-order chi connectivity index (χ0) is 13.7. The zero-order valence-electron chi connectivity index (χ0n) is 12.1. The van der Waals surface area contributed by atoms with E-state index in [4.69, 9.17) is 0 Å². The Morgan fingerprint density at radius 2 is 2.21 bits per heavy atom. The molecule has 0 aliphatic carbocycles. The lowest BCUT2D eigenvalue weighted by Gasteiger charge is -2.36. The fourth-order valence-electron chi connectivity index (χ4n) is 2.95. The van der Waals surface area contributed by atoms with E-state index in [9.17, 15) is 0 Å². The highest BCUT2D eigenvalue weighted by Gasteiger charge is 2.21. The Kier molecular flexibility index (Phi) is 5.86. The van der Waals surface area contributed by atoms with E-state index in [0.717, 1.165) is 19.1 Å². The lowest BCUT2D eigenvalue weighted by atomic mass is 9.98. The fourth-order valence-corrected chi connectivity index (χ4v) is 3.19. The van der Waals surface area contributed by atoms with Gasteiger partial charge in [-0.15, -0.1) is 0 Å². The number of rotatable bonds is 5. The molecule has 1 aromatic carbocycles. The summed E-state index contributed by atoms with van der Waals surface area (Å²) in [6.07, 6.45) is 5.37. The van der Waals surface area contributed by atoms with E-state index in [2.05, 4.69) is 51.3 Å². The Bertz CT molecular complexity index is 406. The molecule has 2 nitrogen and oxygen atoms in total. The van der Waals surface area contributed by atoms with E-state index in [1.54, 1.807) is 0 Å². The molecule has 106 valence electrons. The van der Waals surface area contributed by atoms with Gasteiger partial charge in [-0.3, -0.25) is 4.90 Å². The molecule has 0 bridgehead atoms. The maximum Gasteiger partial charge on any atom is 0.0236 e. The molecule has 1 fully saturated rings. The van der Waals surface area contributed by atoms with Gasteiger partial charge < -0.3 is 5.32 Å². The van der Waals surface area contributed by atoms with Crippen LogP contribution in [0.1, 0.15) is 36.8 Å². The van der Waals surface area contributed by atoms with Crippen molar-refractivity contribution in [2.45, 2.75) is 45.2 Å². The summed E-state index contributed by atoms with van der Waals surface area (Å²) in [5, 5.41) is 3.28. The monoisotopic (exact) mass is 324 g/mol. The van der Waals surface area contributed by atoms with Crippen LogP contribution in [0.5, 0.6) is 0 Å². The molecule has 1 N–H and O–H groups in total. The van der Waals surface area contributed by atoms with Crippen LogP contribution < -0.4 is 5.32 Å². The van der Waals surface area contributed by atoms with Gasteiger partial charge >= 0.3 is 0 Å². The first-order valence-electron chi connectivity index (χ1n) is 7.34. The van der Waals surface area contributed by atoms with Gasteiger partial charge in [0.25, 0.3) is 0 Å². The number of hydrogen-bond acceptors (Lipinski definition) is 2. The third-order valence-corrected chi connectivity index (χ3v) is 4.97. The van der Waals surface area contributed by atoms with Crippen LogP contribution in [0.2, 0.25) is 0 Å². The molecular formula is C16H25BrN2. The van der Waals surface area contributed by atoms with Gasteiger partial charge in [0.1, 0.15) is 0 Å². The maximum atomic E-state index is 3.58. The quantitative estimate of drug-likeness (QED) is 0.888. The number of nitrogens with one attached hydrogen (secondary N) is 1. The predicted molar refractivity (Wildman–Crippen MR) is 85.5 cm³/mol. The van der Waals surface area contributed by atoms with Crippen molar-refractivity contribution in [1.29, 1.82) is 0 Å². The Hall–Kier alpha value is -0.380. The molecule has 2 rings (SSSR count). The number of piperidine rings is 1. The van der Waals surface area contributed by atoms with Crippen LogP contribution in [0.4, 0.5) is 0 Å². The molecule has 3 heteroatoms. The minimum atomic E-state index is 0.755. The lowest BCUT2D eigenvalue weighted by Crippen LogP contribution is -2.40. The molecule has 0 amide bonds. The summed E-state index contributed by atoms with van der Waals surface area (Å²) < 4.78 is 1.21. The van der Waals surface area contributed by atoms with E-state index in [-0.39, 0.29) is 0 Å². The van der Waals surface area contributed by atoms with Gasteiger partial charge in [-0.1, -0.05) is 34.5 Å². The van der Waals surface area contributed by atoms with Gasteiger partial charge in [-0.2, -0.15) is 0 Å². The van der Waals surface area contributed by atoms with Crippen molar-refractivity contribution in [3.05, 3.63) is 33.8 Å². The maximum absolute atomic E-state index is 3.58. The largest absolute Gasteiger partial charge is 0.320 e. The summed E-state index contributed by atoms with van der Waals surface area (Å²) >= 11 is 3.58. The van der Waals surface area contributed by atoms with E-state index in [0.29, 0.717) is 0 Å². The van der Waals surface area contributed by atoms with Crippen LogP contribution in [0.15, 0.2) is 22.7 Å². The molecule has 1 aliphatic heterocycles. The van der Waals surface area contributed by atoms with Gasteiger partial charge in [0.05, 0.1) is 0 Å². The average molecular weight is 325 g/mol. The van der Waals surface area contributed by atoms with Crippen LogP contribution in [-0.4, -0.2) is 31.1 Å². The number of halogens is 1. The summed E-state index contributed by atoms with van der Waals surface area (Å²) in [5.41, 5.74) is 2.78. The van der Waals surface area contributed by atoms with Gasteiger partial charge in [-0.05, 0) is 63.5 Å². The predicted octanol–water partition coefficient (Wildman–Crippen LogP) is 3.72. The molecule has 0 saturated carbocycles. The number of likely N-dealkylation sites (tertiary alicyclic amines) is 1. The Morgan fingerprint density at radius 1 is 1.37 bits per heavy atom. The summed E-state index contributed by atoms with van der Waals surface area (Å²) in [6, 6.07) is 7.50. The van der Waals surface area contributed by atoms with Crippen LogP contribution in [-0.2, 0) is 6.54 Å². The smallest absolute Gasteiger partial charge is 0.0236 e. The molecular weight excluding hydrogens is 300 g/mol. The van der Waals surface area contributed by atoms with E-state index < -0.39 is 0 Å². The fraction of sp³-hybridized carbons (Fsp3) is 0.625. The van der Waals surface area contributed by atoms with Crippen molar-refractivity contribution >= 4 is 15.9 Å². The molecule has 1 aromatic rings. The summed E-state index contributed by atoms with van der Waals surface area (Å²) in [4.78, 5) is 2.67. The standard InChI is InChI=1S/C16H25BrN2/c1-13-11-14(6-7-16(13)17)12-19-10-4-3-5-15(19)8-9-18-2/h6-7,11,15,18H,3-5,8-10,12H2,1-2H3. The van der Waals surface area contributed by atoms with Gasteiger partial charge in [-0.25, -0.2) is 0 Å². The summed E-state index contributed by atoms with van der Waals surface area (Å²) in [7, 11) is 2.05. The molecule has 19 heavy (non-hydrogen) atoms. The van der Waals surface area contributed by atoms with Crippen molar-refractivity contribution in [2.75, 3.05) is 20.1 Å². The van der Waals surface area contributed by atoms with Crippen LogP contribution in [0.3, 0.4) is 0 Å². The third kappa shape index (κ3) is 4.30.